The van der Waals surface area contributed by atoms with Crippen LogP contribution in [0.2, 0.25) is 0 Å². The Hall–Kier alpha value is -4.11. The molecule has 0 spiro atoms. The minimum absolute atomic E-state index is 0.0631. The summed E-state index contributed by atoms with van der Waals surface area (Å²) in [7, 11) is 1.33. The van der Waals surface area contributed by atoms with E-state index in [2.05, 4.69) is 15.9 Å². The largest absolute Gasteiger partial charge is 0.464 e. The molecule has 1 fully saturated rings. The molecule has 2 aliphatic heterocycles. The van der Waals surface area contributed by atoms with E-state index >= 15 is 0 Å². The smallest absolute Gasteiger partial charge is 0.355 e. The fourth-order valence-corrected chi connectivity index (χ4v) is 5.95. The van der Waals surface area contributed by atoms with E-state index in [0.717, 1.165) is 10.0 Å². The van der Waals surface area contributed by atoms with E-state index in [1.807, 2.05) is 47.4 Å². The molecular weight excluding hydrogens is 576 g/mol. The summed E-state index contributed by atoms with van der Waals surface area (Å²) < 4.78 is 18.4. The Morgan fingerprint density at radius 3 is 2.45 bits per heavy atom. The third-order valence-electron chi connectivity index (χ3n) is 7.64. The van der Waals surface area contributed by atoms with Gasteiger partial charge in [-0.05, 0) is 66.1 Å². The third-order valence-corrected chi connectivity index (χ3v) is 8.13. The molecule has 0 bridgehead atoms. The summed E-state index contributed by atoms with van der Waals surface area (Å²) in [5.74, 6) is 0.686. The molecule has 1 saturated heterocycles. The highest BCUT2D eigenvalue weighted by molar-refractivity contribution is 9.10. The SMILES string of the molecule is COC(=O)c1c(-c2ccccc2)c2cc(Br)ccc2c(=O)n1CC1CCN(C(=O)c2ccc3c(c2)OCO3)CC1. The van der Waals surface area contributed by atoms with Crippen LogP contribution >= 0.6 is 15.9 Å². The number of aromatic nitrogens is 1. The van der Waals surface area contributed by atoms with Crippen LogP contribution in [0.15, 0.2) is 76.0 Å². The Balaban J connectivity index is 1.32. The number of nitrogens with zero attached hydrogens (tertiary/aromatic N) is 2. The van der Waals surface area contributed by atoms with Crippen molar-refractivity contribution < 1.29 is 23.8 Å². The van der Waals surface area contributed by atoms with E-state index in [1.165, 1.54) is 7.11 Å². The highest BCUT2D eigenvalue weighted by Gasteiger charge is 2.29. The maximum absolute atomic E-state index is 13.8. The van der Waals surface area contributed by atoms with Gasteiger partial charge in [-0.2, -0.15) is 0 Å². The summed E-state index contributed by atoms with van der Waals surface area (Å²) in [5, 5.41) is 1.22. The molecule has 0 aliphatic carbocycles. The number of likely N-dealkylation sites (tertiary alicyclic amines) is 1. The number of fused-ring (bicyclic) bond motifs is 2. The molecule has 0 unspecified atom stereocenters. The average molecular weight is 603 g/mol. The number of benzene rings is 3. The van der Waals surface area contributed by atoms with Gasteiger partial charge >= 0.3 is 5.97 Å². The van der Waals surface area contributed by atoms with Crippen molar-refractivity contribution in [3.8, 4) is 22.6 Å². The van der Waals surface area contributed by atoms with Gasteiger partial charge in [0.05, 0.1) is 7.11 Å². The number of carbonyl (C=O) groups excluding carboxylic acids is 2. The van der Waals surface area contributed by atoms with Crippen LogP contribution in [0, 0.1) is 5.92 Å². The highest BCUT2D eigenvalue weighted by Crippen LogP contribution is 2.35. The second-order valence-corrected chi connectivity index (χ2v) is 10.9. The molecule has 1 amide bonds. The Labute approximate surface area is 239 Å². The van der Waals surface area contributed by atoms with Crippen molar-refractivity contribution in [3.63, 3.8) is 0 Å². The fourth-order valence-electron chi connectivity index (χ4n) is 5.59. The van der Waals surface area contributed by atoms with Crippen LogP contribution in [0.1, 0.15) is 33.7 Å². The molecule has 0 atom stereocenters. The van der Waals surface area contributed by atoms with Crippen LogP contribution in [0.3, 0.4) is 0 Å². The van der Waals surface area contributed by atoms with Crippen LogP contribution in [-0.4, -0.2) is 48.3 Å². The van der Waals surface area contributed by atoms with E-state index in [4.69, 9.17) is 14.2 Å². The lowest BCUT2D eigenvalue weighted by Gasteiger charge is -2.33. The molecule has 0 saturated carbocycles. The van der Waals surface area contributed by atoms with Crippen LogP contribution in [0.5, 0.6) is 11.5 Å². The average Bonchev–Trinajstić information content (AvgIpc) is 3.46. The molecule has 40 heavy (non-hydrogen) atoms. The van der Waals surface area contributed by atoms with E-state index in [-0.39, 0.29) is 29.9 Å². The van der Waals surface area contributed by atoms with E-state index < -0.39 is 5.97 Å². The van der Waals surface area contributed by atoms with Gasteiger partial charge in [0.2, 0.25) is 6.79 Å². The summed E-state index contributed by atoms with van der Waals surface area (Å²) >= 11 is 3.52. The second kappa shape index (κ2) is 10.8. The number of rotatable bonds is 5. The van der Waals surface area contributed by atoms with E-state index in [9.17, 15) is 14.4 Å². The molecule has 6 rings (SSSR count). The number of piperidine rings is 1. The van der Waals surface area contributed by atoms with Crippen molar-refractivity contribution >= 4 is 38.6 Å². The number of methoxy groups -OCH3 is 1. The first kappa shape index (κ1) is 26.1. The molecule has 204 valence electrons. The summed E-state index contributed by atoms with van der Waals surface area (Å²) in [4.78, 5) is 42.1. The molecule has 0 radical (unpaired) electrons. The van der Waals surface area contributed by atoms with Gasteiger partial charge in [-0.1, -0.05) is 46.3 Å². The molecule has 4 aromatic rings. The Bertz CT molecular complexity index is 1680. The predicted molar refractivity (Wildman–Crippen MR) is 154 cm³/mol. The van der Waals surface area contributed by atoms with Crippen molar-refractivity contribution in [2.75, 3.05) is 27.0 Å². The number of ether oxygens (including phenoxy) is 3. The zero-order chi connectivity index (χ0) is 27.8. The highest BCUT2D eigenvalue weighted by atomic mass is 79.9. The van der Waals surface area contributed by atoms with Gasteiger partial charge in [0.1, 0.15) is 5.69 Å². The van der Waals surface area contributed by atoms with Crippen LogP contribution < -0.4 is 15.0 Å². The summed E-state index contributed by atoms with van der Waals surface area (Å²) in [6.07, 6.45) is 1.39. The van der Waals surface area contributed by atoms with Gasteiger partial charge in [-0.25, -0.2) is 4.79 Å². The Kier molecular flexibility index (Phi) is 7.06. The van der Waals surface area contributed by atoms with Gasteiger partial charge in [0, 0.05) is 40.6 Å². The number of halogens is 1. The Morgan fingerprint density at radius 2 is 1.70 bits per heavy atom. The normalized spacial score (nSPS) is 14.9. The van der Waals surface area contributed by atoms with Gasteiger partial charge < -0.3 is 23.7 Å². The second-order valence-electron chi connectivity index (χ2n) is 9.99. The minimum atomic E-state index is -0.562. The molecule has 3 aromatic carbocycles. The van der Waals surface area contributed by atoms with Crippen molar-refractivity contribution in [3.05, 3.63) is 92.8 Å². The molecular formula is C31H27BrN2O6. The lowest BCUT2D eigenvalue weighted by molar-refractivity contribution is 0.0584. The van der Waals surface area contributed by atoms with Crippen molar-refractivity contribution in [1.29, 1.82) is 0 Å². The molecule has 3 heterocycles. The van der Waals surface area contributed by atoms with Crippen molar-refractivity contribution in [2.45, 2.75) is 19.4 Å². The standard InChI is InChI=1S/C31H27BrN2O6/c1-38-31(37)28-27(20-5-3-2-4-6-20)24-16-22(32)8-9-23(24)30(36)34(28)17-19-11-13-33(14-12-19)29(35)21-7-10-25-26(15-21)40-18-39-25/h2-10,15-16,19H,11-14,17-18H2,1H3. The third kappa shape index (κ3) is 4.75. The number of pyridine rings is 1. The van der Waals surface area contributed by atoms with Crippen LogP contribution in [0.4, 0.5) is 0 Å². The van der Waals surface area contributed by atoms with Gasteiger partial charge in [-0.15, -0.1) is 0 Å². The zero-order valence-corrected chi connectivity index (χ0v) is 23.5. The molecule has 9 heteroatoms. The van der Waals surface area contributed by atoms with E-state index in [0.29, 0.717) is 65.9 Å². The molecule has 8 nitrogen and oxygen atoms in total. The van der Waals surface area contributed by atoms with Gasteiger partial charge in [-0.3, -0.25) is 9.59 Å². The summed E-state index contributed by atoms with van der Waals surface area (Å²) in [5.41, 5.74) is 2.05. The maximum atomic E-state index is 13.8. The molecule has 1 aromatic heterocycles. The summed E-state index contributed by atoms with van der Waals surface area (Å²) in [6, 6.07) is 20.3. The Morgan fingerprint density at radius 1 is 0.950 bits per heavy atom. The number of carbonyl (C=O) groups is 2. The van der Waals surface area contributed by atoms with Crippen LogP contribution in [0.25, 0.3) is 21.9 Å². The van der Waals surface area contributed by atoms with Crippen molar-refractivity contribution in [2.24, 2.45) is 5.92 Å². The first-order valence-electron chi connectivity index (χ1n) is 13.1. The number of hydrogen-bond donors (Lipinski definition) is 0. The van der Waals surface area contributed by atoms with E-state index in [1.54, 1.807) is 28.8 Å². The first-order chi connectivity index (χ1) is 19.4. The molecule has 2 aliphatic rings. The number of amides is 1. The zero-order valence-electron chi connectivity index (χ0n) is 21.9. The first-order valence-corrected chi connectivity index (χ1v) is 13.9. The van der Waals surface area contributed by atoms with Gasteiger partial charge in [0.25, 0.3) is 11.5 Å². The van der Waals surface area contributed by atoms with Crippen LogP contribution in [-0.2, 0) is 11.3 Å². The lowest BCUT2D eigenvalue weighted by Crippen LogP contribution is -2.40. The summed E-state index contributed by atoms with van der Waals surface area (Å²) in [6.45, 7) is 1.60. The van der Waals surface area contributed by atoms with Gasteiger partial charge in [0.15, 0.2) is 11.5 Å². The number of hydrogen-bond acceptors (Lipinski definition) is 6. The predicted octanol–water partition coefficient (Wildman–Crippen LogP) is 5.50. The maximum Gasteiger partial charge on any atom is 0.355 e. The fraction of sp³-hybridized carbons (Fsp3) is 0.258. The lowest BCUT2D eigenvalue weighted by atomic mass is 9.93. The minimum Gasteiger partial charge on any atom is -0.464 e. The van der Waals surface area contributed by atoms with Crippen molar-refractivity contribution in [1.82, 2.24) is 9.47 Å². The number of esters is 1. The quantitative estimate of drug-likeness (QED) is 0.280. The monoisotopic (exact) mass is 602 g/mol. The molecule has 0 N–H and O–H groups in total. The topological polar surface area (TPSA) is 87.1 Å².